The highest BCUT2D eigenvalue weighted by atomic mass is 79.9. The lowest BCUT2D eigenvalue weighted by molar-refractivity contribution is -0.115. The SMILES string of the molecule is CCC(=O)Nc1ccc(C)c(NCc2ccc(Br)o2)c1. The lowest BCUT2D eigenvalue weighted by Crippen LogP contribution is -2.10. The summed E-state index contributed by atoms with van der Waals surface area (Å²) in [4.78, 5) is 11.4. The van der Waals surface area contributed by atoms with Crippen LogP contribution in [-0.4, -0.2) is 5.91 Å². The van der Waals surface area contributed by atoms with Crippen LogP contribution in [0.1, 0.15) is 24.7 Å². The molecule has 1 aromatic carbocycles. The molecule has 20 heavy (non-hydrogen) atoms. The standard InChI is InChI=1S/C15H17BrN2O2/c1-3-15(19)18-11-5-4-10(2)13(8-11)17-9-12-6-7-14(16)20-12/h4-8,17H,3,9H2,1-2H3,(H,18,19). The van der Waals surface area contributed by atoms with Crippen LogP contribution in [0.25, 0.3) is 0 Å². The number of halogens is 1. The first kappa shape index (κ1) is 14.7. The molecule has 1 amide bonds. The van der Waals surface area contributed by atoms with Crippen molar-refractivity contribution >= 4 is 33.2 Å². The van der Waals surface area contributed by atoms with Crippen molar-refractivity contribution in [3.05, 3.63) is 46.3 Å². The van der Waals surface area contributed by atoms with Crippen molar-refractivity contribution in [2.24, 2.45) is 0 Å². The molecule has 1 heterocycles. The van der Waals surface area contributed by atoms with Gasteiger partial charge in [-0.2, -0.15) is 0 Å². The summed E-state index contributed by atoms with van der Waals surface area (Å²) in [6.07, 6.45) is 0.469. The quantitative estimate of drug-likeness (QED) is 0.855. The lowest BCUT2D eigenvalue weighted by atomic mass is 10.1. The number of nitrogens with one attached hydrogen (secondary N) is 2. The highest BCUT2D eigenvalue weighted by Gasteiger charge is 2.04. The van der Waals surface area contributed by atoms with E-state index in [2.05, 4.69) is 26.6 Å². The van der Waals surface area contributed by atoms with Crippen LogP contribution in [0.3, 0.4) is 0 Å². The monoisotopic (exact) mass is 336 g/mol. The molecule has 0 bridgehead atoms. The smallest absolute Gasteiger partial charge is 0.224 e. The van der Waals surface area contributed by atoms with E-state index in [0.29, 0.717) is 13.0 Å². The van der Waals surface area contributed by atoms with E-state index in [1.54, 1.807) is 0 Å². The fourth-order valence-electron chi connectivity index (χ4n) is 1.77. The lowest BCUT2D eigenvalue weighted by Gasteiger charge is -2.11. The Kier molecular flexibility index (Phi) is 4.84. The van der Waals surface area contributed by atoms with E-state index < -0.39 is 0 Å². The van der Waals surface area contributed by atoms with E-state index >= 15 is 0 Å². The minimum Gasteiger partial charge on any atom is -0.452 e. The second-order valence-corrected chi connectivity index (χ2v) is 5.27. The van der Waals surface area contributed by atoms with Crippen LogP contribution in [0.15, 0.2) is 39.4 Å². The number of hydrogen-bond donors (Lipinski definition) is 2. The van der Waals surface area contributed by atoms with Crippen LogP contribution in [0.4, 0.5) is 11.4 Å². The number of carbonyl (C=O) groups is 1. The molecule has 0 spiro atoms. The fraction of sp³-hybridized carbons (Fsp3) is 0.267. The van der Waals surface area contributed by atoms with Gasteiger partial charge >= 0.3 is 0 Å². The number of furan rings is 1. The molecule has 0 radical (unpaired) electrons. The van der Waals surface area contributed by atoms with Crippen molar-refractivity contribution in [2.45, 2.75) is 26.8 Å². The second kappa shape index (κ2) is 6.61. The number of anilines is 2. The van der Waals surface area contributed by atoms with Crippen molar-refractivity contribution in [3.8, 4) is 0 Å². The Morgan fingerprint density at radius 1 is 1.30 bits per heavy atom. The molecule has 1 aromatic heterocycles. The summed E-state index contributed by atoms with van der Waals surface area (Å²) in [5, 5.41) is 6.16. The first-order valence-electron chi connectivity index (χ1n) is 6.47. The van der Waals surface area contributed by atoms with Crippen molar-refractivity contribution < 1.29 is 9.21 Å². The van der Waals surface area contributed by atoms with Crippen LogP contribution in [-0.2, 0) is 11.3 Å². The van der Waals surface area contributed by atoms with Gasteiger partial charge in [-0.25, -0.2) is 0 Å². The number of hydrogen-bond acceptors (Lipinski definition) is 3. The number of carbonyl (C=O) groups excluding carboxylic acids is 1. The van der Waals surface area contributed by atoms with Gasteiger partial charge in [0.2, 0.25) is 5.91 Å². The van der Waals surface area contributed by atoms with Crippen LogP contribution < -0.4 is 10.6 Å². The largest absolute Gasteiger partial charge is 0.452 e. The Morgan fingerprint density at radius 3 is 2.75 bits per heavy atom. The Morgan fingerprint density at radius 2 is 2.10 bits per heavy atom. The molecule has 0 fully saturated rings. The number of rotatable bonds is 5. The number of amides is 1. The zero-order valence-corrected chi connectivity index (χ0v) is 13.1. The molecule has 0 saturated heterocycles. The highest BCUT2D eigenvalue weighted by Crippen LogP contribution is 2.22. The molecule has 0 aliphatic rings. The molecule has 5 heteroatoms. The normalized spacial score (nSPS) is 10.3. The molecule has 106 valence electrons. The molecule has 0 unspecified atom stereocenters. The summed E-state index contributed by atoms with van der Waals surface area (Å²) in [5.41, 5.74) is 2.89. The summed E-state index contributed by atoms with van der Waals surface area (Å²) < 4.78 is 6.16. The summed E-state index contributed by atoms with van der Waals surface area (Å²) in [7, 11) is 0. The van der Waals surface area contributed by atoms with Crippen molar-refractivity contribution in [1.82, 2.24) is 0 Å². The molecule has 0 atom stereocenters. The first-order valence-corrected chi connectivity index (χ1v) is 7.26. The van der Waals surface area contributed by atoms with Crippen molar-refractivity contribution in [2.75, 3.05) is 10.6 Å². The maximum absolute atomic E-state index is 11.4. The summed E-state index contributed by atoms with van der Waals surface area (Å²) >= 11 is 3.28. The van der Waals surface area contributed by atoms with Gasteiger partial charge in [0.1, 0.15) is 5.76 Å². The minimum absolute atomic E-state index is 0.00904. The second-order valence-electron chi connectivity index (χ2n) is 4.49. The molecule has 2 N–H and O–H groups in total. The molecule has 0 saturated carbocycles. The minimum atomic E-state index is 0.00904. The van der Waals surface area contributed by atoms with Gasteiger partial charge in [0.25, 0.3) is 0 Å². The fourth-order valence-corrected chi connectivity index (χ4v) is 2.11. The molecule has 0 aliphatic carbocycles. The van der Waals surface area contributed by atoms with E-state index in [4.69, 9.17) is 4.42 Å². The van der Waals surface area contributed by atoms with Gasteiger partial charge in [0.05, 0.1) is 6.54 Å². The van der Waals surface area contributed by atoms with Crippen LogP contribution in [0, 0.1) is 6.92 Å². The summed E-state index contributed by atoms with van der Waals surface area (Å²) in [6.45, 7) is 4.45. The van der Waals surface area contributed by atoms with Crippen molar-refractivity contribution in [1.29, 1.82) is 0 Å². The first-order chi connectivity index (χ1) is 9.58. The Labute approximate surface area is 126 Å². The summed E-state index contributed by atoms with van der Waals surface area (Å²) in [6, 6.07) is 9.58. The molecule has 2 rings (SSSR count). The molecular weight excluding hydrogens is 320 g/mol. The van der Waals surface area contributed by atoms with Gasteiger partial charge in [0.15, 0.2) is 4.67 Å². The predicted molar refractivity (Wildman–Crippen MR) is 83.8 cm³/mol. The Hall–Kier alpha value is -1.75. The van der Waals surface area contributed by atoms with E-state index in [0.717, 1.165) is 27.4 Å². The Bertz CT molecular complexity index is 608. The third-order valence-electron chi connectivity index (χ3n) is 2.92. The van der Waals surface area contributed by atoms with Crippen molar-refractivity contribution in [3.63, 3.8) is 0 Å². The van der Waals surface area contributed by atoms with Gasteiger partial charge in [0, 0.05) is 17.8 Å². The highest BCUT2D eigenvalue weighted by molar-refractivity contribution is 9.10. The van der Waals surface area contributed by atoms with Gasteiger partial charge in [-0.05, 0) is 52.7 Å². The Balaban J connectivity index is 2.06. The maximum Gasteiger partial charge on any atom is 0.224 e. The van der Waals surface area contributed by atoms with E-state index in [-0.39, 0.29) is 5.91 Å². The molecular formula is C15H17BrN2O2. The molecule has 0 aliphatic heterocycles. The third-order valence-corrected chi connectivity index (χ3v) is 3.35. The van der Waals surface area contributed by atoms with Gasteiger partial charge < -0.3 is 15.1 Å². The molecule has 4 nitrogen and oxygen atoms in total. The topological polar surface area (TPSA) is 54.3 Å². The number of benzene rings is 1. The zero-order valence-electron chi connectivity index (χ0n) is 11.5. The van der Waals surface area contributed by atoms with E-state index in [9.17, 15) is 4.79 Å². The van der Waals surface area contributed by atoms with Gasteiger partial charge in [-0.3, -0.25) is 4.79 Å². The zero-order chi connectivity index (χ0) is 14.5. The van der Waals surface area contributed by atoms with E-state index in [1.807, 2.05) is 44.2 Å². The van der Waals surface area contributed by atoms with Gasteiger partial charge in [-0.15, -0.1) is 0 Å². The van der Waals surface area contributed by atoms with E-state index in [1.165, 1.54) is 0 Å². The average molecular weight is 337 g/mol. The average Bonchev–Trinajstić information content (AvgIpc) is 2.85. The molecule has 2 aromatic rings. The maximum atomic E-state index is 11.4. The van der Waals surface area contributed by atoms with Crippen LogP contribution >= 0.6 is 15.9 Å². The predicted octanol–water partition coefficient (Wildman–Crippen LogP) is 4.31. The summed E-state index contributed by atoms with van der Waals surface area (Å²) in [5.74, 6) is 0.856. The number of aryl methyl sites for hydroxylation is 1. The van der Waals surface area contributed by atoms with Crippen LogP contribution in [0.5, 0.6) is 0 Å². The van der Waals surface area contributed by atoms with Crippen LogP contribution in [0.2, 0.25) is 0 Å². The third kappa shape index (κ3) is 3.87. The van der Waals surface area contributed by atoms with Gasteiger partial charge in [-0.1, -0.05) is 13.0 Å².